The van der Waals surface area contributed by atoms with E-state index in [0.717, 1.165) is 12.8 Å². The third kappa shape index (κ3) is 2.84. The van der Waals surface area contributed by atoms with Crippen LogP contribution in [0.1, 0.15) is 57.8 Å². The van der Waals surface area contributed by atoms with Crippen molar-refractivity contribution >= 4 is 0 Å². The van der Waals surface area contributed by atoms with Crippen molar-refractivity contribution in [3.8, 4) is 0 Å². The Morgan fingerprint density at radius 2 is 1.74 bits per heavy atom. The zero-order chi connectivity index (χ0) is 13.3. The van der Waals surface area contributed by atoms with Gasteiger partial charge in [-0.15, -0.1) is 0 Å². The molecule has 0 amide bonds. The summed E-state index contributed by atoms with van der Waals surface area (Å²) < 4.78 is 0. The molecule has 110 valence electrons. The molecule has 1 saturated carbocycles. The predicted molar refractivity (Wildman–Crippen MR) is 78.2 cm³/mol. The van der Waals surface area contributed by atoms with Gasteiger partial charge in [-0.05, 0) is 51.0 Å². The van der Waals surface area contributed by atoms with E-state index in [-0.39, 0.29) is 6.10 Å². The summed E-state index contributed by atoms with van der Waals surface area (Å²) in [6.45, 7) is 2.45. The monoisotopic (exact) mass is 266 g/mol. The first kappa shape index (κ1) is 13.8. The highest BCUT2D eigenvalue weighted by Crippen LogP contribution is 2.42. The van der Waals surface area contributed by atoms with Crippen LogP contribution < -0.4 is 5.32 Å². The first-order valence-electron chi connectivity index (χ1n) is 8.31. The van der Waals surface area contributed by atoms with Gasteiger partial charge in [-0.2, -0.15) is 0 Å². The van der Waals surface area contributed by atoms with Crippen LogP contribution in [0.3, 0.4) is 0 Å². The predicted octanol–water partition coefficient (Wildman–Crippen LogP) is 2.14. The number of piperidine rings is 1. The minimum Gasteiger partial charge on any atom is -0.393 e. The molecular formula is C16H30N2O. The highest BCUT2D eigenvalue weighted by molar-refractivity contribution is 4.99. The van der Waals surface area contributed by atoms with Crippen LogP contribution >= 0.6 is 0 Å². The van der Waals surface area contributed by atoms with Gasteiger partial charge in [0.25, 0.3) is 0 Å². The number of nitrogens with one attached hydrogen (secondary N) is 1. The number of aliphatic hydroxyl groups is 1. The second-order valence-corrected chi connectivity index (χ2v) is 7.27. The first-order chi connectivity index (χ1) is 9.22. The molecular weight excluding hydrogens is 236 g/mol. The fraction of sp³-hybridized carbons (Fsp3) is 1.00. The third-order valence-electron chi connectivity index (χ3n) is 5.84. The molecule has 2 bridgehead atoms. The molecule has 3 heteroatoms. The van der Waals surface area contributed by atoms with E-state index in [1.165, 1.54) is 58.0 Å². The third-order valence-corrected chi connectivity index (χ3v) is 5.84. The summed E-state index contributed by atoms with van der Waals surface area (Å²) in [6, 6.07) is 1.34. The van der Waals surface area contributed by atoms with Crippen LogP contribution in [0.25, 0.3) is 0 Å². The maximum atomic E-state index is 9.94. The maximum absolute atomic E-state index is 9.94. The minimum absolute atomic E-state index is 0.0274. The lowest BCUT2D eigenvalue weighted by Crippen LogP contribution is -2.52. The molecule has 0 aromatic heterocycles. The van der Waals surface area contributed by atoms with E-state index >= 15 is 0 Å². The van der Waals surface area contributed by atoms with Gasteiger partial charge in [-0.1, -0.05) is 19.3 Å². The van der Waals surface area contributed by atoms with Crippen molar-refractivity contribution in [2.75, 3.05) is 20.1 Å². The number of hydrogen-bond donors (Lipinski definition) is 2. The van der Waals surface area contributed by atoms with Crippen LogP contribution in [-0.4, -0.2) is 48.3 Å². The molecule has 2 N–H and O–H groups in total. The topological polar surface area (TPSA) is 35.5 Å². The molecule has 1 aliphatic carbocycles. The van der Waals surface area contributed by atoms with E-state index in [4.69, 9.17) is 0 Å². The van der Waals surface area contributed by atoms with Gasteiger partial charge in [-0.25, -0.2) is 0 Å². The maximum Gasteiger partial charge on any atom is 0.0570 e. The standard InChI is InChI=1S/C16H30N2O/c1-17-11-16(7-3-2-4-8-16)12-18-13-5-6-14(18)10-15(19)9-13/h13-15,17,19H,2-12H2,1H3. The lowest BCUT2D eigenvalue weighted by atomic mass is 9.73. The van der Waals surface area contributed by atoms with Crippen molar-refractivity contribution in [3.05, 3.63) is 0 Å². The molecule has 3 rings (SSSR count). The second kappa shape index (κ2) is 5.71. The molecule has 0 aromatic rings. The van der Waals surface area contributed by atoms with Crippen LogP contribution in [0.4, 0.5) is 0 Å². The Labute approximate surface area is 117 Å². The lowest BCUT2D eigenvalue weighted by Gasteiger charge is -2.46. The summed E-state index contributed by atoms with van der Waals surface area (Å²) in [5.41, 5.74) is 0.510. The summed E-state index contributed by atoms with van der Waals surface area (Å²) in [5, 5.41) is 13.4. The zero-order valence-electron chi connectivity index (χ0n) is 12.4. The van der Waals surface area contributed by atoms with E-state index in [0.29, 0.717) is 17.5 Å². The highest BCUT2D eigenvalue weighted by Gasteiger charge is 2.44. The minimum atomic E-state index is -0.0274. The second-order valence-electron chi connectivity index (χ2n) is 7.27. The molecule has 2 aliphatic heterocycles. The zero-order valence-corrected chi connectivity index (χ0v) is 12.4. The normalized spacial score (nSPS) is 38.5. The van der Waals surface area contributed by atoms with Crippen molar-refractivity contribution < 1.29 is 5.11 Å². The average molecular weight is 266 g/mol. The van der Waals surface area contributed by atoms with E-state index < -0.39 is 0 Å². The van der Waals surface area contributed by atoms with Crippen molar-refractivity contribution in [2.45, 2.75) is 76.0 Å². The van der Waals surface area contributed by atoms with Gasteiger partial charge in [0.05, 0.1) is 6.10 Å². The van der Waals surface area contributed by atoms with Crippen LogP contribution in [0.15, 0.2) is 0 Å². The Bertz CT molecular complexity index is 282. The van der Waals surface area contributed by atoms with Crippen molar-refractivity contribution in [1.82, 2.24) is 10.2 Å². The van der Waals surface area contributed by atoms with Gasteiger partial charge < -0.3 is 10.4 Å². The van der Waals surface area contributed by atoms with Crippen molar-refractivity contribution in [3.63, 3.8) is 0 Å². The van der Waals surface area contributed by atoms with Gasteiger partial charge >= 0.3 is 0 Å². The number of rotatable bonds is 4. The molecule has 19 heavy (non-hydrogen) atoms. The fourth-order valence-electron chi connectivity index (χ4n) is 4.96. The number of nitrogens with zero attached hydrogens (tertiary/aromatic N) is 1. The number of hydrogen-bond acceptors (Lipinski definition) is 3. The Balaban J connectivity index is 1.68. The van der Waals surface area contributed by atoms with Gasteiger partial charge in [0, 0.05) is 25.2 Å². The molecule has 2 atom stereocenters. The highest BCUT2D eigenvalue weighted by atomic mass is 16.3. The van der Waals surface area contributed by atoms with Gasteiger partial charge in [-0.3, -0.25) is 4.90 Å². The molecule has 0 spiro atoms. The van der Waals surface area contributed by atoms with E-state index in [1.807, 2.05) is 0 Å². The molecule has 0 radical (unpaired) electrons. The first-order valence-corrected chi connectivity index (χ1v) is 8.31. The molecule has 2 unspecified atom stereocenters. The molecule has 3 fully saturated rings. The quantitative estimate of drug-likeness (QED) is 0.818. The summed E-state index contributed by atoms with van der Waals surface area (Å²) in [4.78, 5) is 2.77. The average Bonchev–Trinajstić information content (AvgIpc) is 2.63. The lowest BCUT2D eigenvalue weighted by molar-refractivity contribution is 0.000470. The van der Waals surface area contributed by atoms with Gasteiger partial charge in [0.2, 0.25) is 0 Å². The SMILES string of the molecule is CNCC1(CN2C3CCC2CC(O)C3)CCCCC1. The Morgan fingerprint density at radius 3 is 2.32 bits per heavy atom. The van der Waals surface area contributed by atoms with Crippen LogP contribution in [0.5, 0.6) is 0 Å². The number of fused-ring (bicyclic) bond motifs is 2. The molecule has 3 nitrogen and oxygen atoms in total. The fourth-order valence-corrected chi connectivity index (χ4v) is 4.96. The summed E-state index contributed by atoms with van der Waals surface area (Å²) in [7, 11) is 2.10. The van der Waals surface area contributed by atoms with Crippen LogP contribution in [0.2, 0.25) is 0 Å². The molecule has 3 aliphatic rings. The van der Waals surface area contributed by atoms with E-state index in [9.17, 15) is 5.11 Å². The summed E-state index contributed by atoms with van der Waals surface area (Å²) >= 11 is 0. The molecule has 0 aromatic carbocycles. The van der Waals surface area contributed by atoms with Gasteiger partial charge in [0.15, 0.2) is 0 Å². The Hall–Kier alpha value is -0.120. The van der Waals surface area contributed by atoms with Gasteiger partial charge in [0.1, 0.15) is 0 Å². The smallest absolute Gasteiger partial charge is 0.0570 e. The van der Waals surface area contributed by atoms with Crippen LogP contribution in [-0.2, 0) is 0 Å². The van der Waals surface area contributed by atoms with Crippen molar-refractivity contribution in [1.29, 1.82) is 0 Å². The van der Waals surface area contributed by atoms with E-state index in [1.54, 1.807) is 0 Å². The Morgan fingerprint density at radius 1 is 1.11 bits per heavy atom. The van der Waals surface area contributed by atoms with E-state index in [2.05, 4.69) is 17.3 Å². The molecule has 2 heterocycles. The van der Waals surface area contributed by atoms with Crippen LogP contribution in [0, 0.1) is 5.41 Å². The summed E-state index contributed by atoms with van der Waals surface area (Å²) in [5.74, 6) is 0. The Kier molecular flexibility index (Phi) is 4.16. The van der Waals surface area contributed by atoms with Crippen molar-refractivity contribution in [2.24, 2.45) is 5.41 Å². The largest absolute Gasteiger partial charge is 0.393 e. The molecule has 2 saturated heterocycles. The summed E-state index contributed by atoms with van der Waals surface area (Å²) in [6.07, 6.45) is 11.7. The number of aliphatic hydroxyl groups excluding tert-OH is 1.